The summed E-state index contributed by atoms with van der Waals surface area (Å²) in [5.41, 5.74) is 1.90. The van der Waals surface area contributed by atoms with Crippen molar-refractivity contribution in [2.75, 3.05) is 26.3 Å². The third-order valence-electron chi connectivity index (χ3n) is 5.39. The molecule has 1 fully saturated rings. The van der Waals surface area contributed by atoms with E-state index in [0.717, 1.165) is 15.2 Å². The fourth-order valence-electron chi connectivity index (χ4n) is 3.79. The number of aromatic nitrogens is 1. The lowest BCUT2D eigenvalue weighted by atomic mass is 9.98. The smallest absolute Gasteiger partial charge is 0.339 e. The van der Waals surface area contributed by atoms with Gasteiger partial charge in [0.2, 0.25) is 0 Å². The lowest BCUT2D eigenvalue weighted by Crippen LogP contribution is -2.44. The SMILES string of the molecule is CCOC(=O)C1CCCN(C(=O)COC(=O)c2ccccc2-c2nc3ccccc3s2)C1. The van der Waals surface area contributed by atoms with E-state index in [1.807, 2.05) is 36.4 Å². The summed E-state index contributed by atoms with van der Waals surface area (Å²) in [4.78, 5) is 43.6. The van der Waals surface area contributed by atoms with Gasteiger partial charge in [-0.15, -0.1) is 11.3 Å². The quantitative estimate of drug-likeness (QED) is 0.527. The van der Waals surface area contributed by atoms with Crippen molar-refractivity contribution in [1.82, 2.24) is 9.88 Å². The number of carbonyl (C=O) groups excluding carboxylic acids is 3. The lowest BCUT2D eigenvalue weighted by Gasteiger charge is -2.31. The maximum Gasteiger partial charge on any atom is 0.339 e. The molecule has 166 valence electrons. The molecule has 2 aromatic carbocycles. The first-order valence-electron chi connectivity index (χ1n) is 10.6. The minimum atomic E-state index is -0.577. The Bertz CT molecular complexity index is 1110. The Morgan fingerprint density at radius 1 is 1.09 bits per heavy atom. The summed E-state index contributed by atoms with van der Waals surface area (Å²) in [5, 5.41) is 0.721. The number of rotatable bonds is 6. The van der Waals surface area contributed by atoms with E-state index in [1.165, 1.54) is 11.3 Å². The Hall–Kier alpha value is -3.26. The van der Waals surface area contributed by atoms with Crippen molar-refractivity contribution in [1.29, 1.82) is 0 Å². The summed E-state index contributed by atoms with van der Waals surface area (Å²) in [6, 6.07) is 14.9. The van der Waals surface area contributed by atoms with Crippen molar-refractivity contribution >= 4 is 39.4 Å². The van der Waals surface area contributed by atoms with Crippen LogP contribution in [0.3, 0.4) is 0 Å². The molecule has 1 aliphatic rings. The Kier molecular flexibility index (Phi) is 6.80. The molecule has 0 N–H and O–H groups in total. The van der Waals surface area contributed by atoms with Gasteiger partial charge < -0.3 is 14.4 Å². The fraction of sp³-hybridized carbons (Fsp3) is 0.333. The number of nitrogens with zero attached hydrogens (tertiary/aromatic N) is 2. The first kappa shape index (κ1) is 22.0. The van der Waals surface area contributed by atoms with Crippen LogP contribution in [0.15, 0.2) is 48.5 Å². The Morgan fingerprint density at radius 3 is 2.69 bits per heavy atom. The number of ether oxygens (including phenoxy) is 2. The zero-order valence-corrected chi connectivity index (χ0v) is 18.6. The molecule has 1 amide bonds. The molecule has 4 rings (SSSR count). The maximum atomic E-state index is 12.8. The minimum Gasteiger partial charge on any atom is -0.466 e. The van der Waals surface area contributed by atoms with Gasteiger partial charge in [0.15, 0.2) is 6.61 Å². The second kappa shape index (κ2) is 9.91. The summed E-state index contributed by atoms with van der Waals surface area (Å²) >= 11 is 1.50. The molecular weight excluding hydrogens is 428 g/mol. The lowest BCUT2D eigenvalue weighted by molar-refractivity contribution is -0.151. The van der Waals surface area contributed by atoms with Crippen LogP contribution in [0, 0.1) is 5.92 Å². The standard InChI is InChI=1S/C24H24N2O5S/c1-2-30-23(28)16-8-7-13-26(14-16)21(27)15-31-24(29)18-10-4-3-9-17(18)22-25-19-11-5-6-12-20(19)32-22/h3-6,9-12,16H,2,7-8,13-15H2,1H3. The van der Waals surface area contributed by atoms with Gasteiger partial charge in [-0.1, -0.05) is 30.3 Å². The van der Waals surface area contributed by atoms with Crippen molar-refractivity contribution in [3.05, 3.63) is 54.1 Å². The highest BCUT2D eigenvalue weighted by molar-refractivity contribution is 7.21. The molecule has 1 saturated heterocycles. The number of fused-ring (bicyclic) bond motifs is 1. The van der Waals surface area contributed by atoms with E-state index >= 15 is 0 Å². The van der Waals surface area contributed by atoms with Crippen molar-refractivity contribution in [3.8, 4) is 10.6 Å². The van der Waals surface area contributed by atoms with Gasteiger partial charge in [-0.3, -0.25) is 9.59 Å². The van der Waals surface area contributed by atoms with Gasteiger partial charge in [-0.2, -0.15) is 0 Å². The molecule has 32 heavy (non-hydrogen) atoms. The van der Waals surface area contributed by atoms with E-state index in [4.69, 9.17) is 9.47 Å². The first-order valence-corrected chi connectivity index (χ1v) is 11.4. The molecule has 1 aliphatic heterocycles. The van der Waals surface area contributed by atoms with Crippen LogP contribution in [-0.2, 0) is 19.1 Å². The summed E-state index contributed by atoms with van der Waals surface area (Å²) in [6.07, 6.45) is 1.40. The number of esters is 2. The number of piperidine rings is 1. The van der Waals surface area contributed by atoms with Gasteiger partial charge in [0, 0.05) is 18.7 Å². The fourth-order valence-corrected chi connectivity index (χ4v) is 4.79. The number of para-hydroxylation sites is 1. The van der Waals surface area contributed by atoms with Gasteiger partial charge in [-0.25, -0.2) is 9.78 Å². The van der Waals surface area contributed by atoms with Crippen LogP contribution < -0.4 is 0 Å². The second-order valence-corrected chi connectivity index (χ2v) is 8.57. The zero-order chi connectivity index (χ0) is 22.5. The average Bonchev–Trinajstić information content (AvgIpc) is 3.27. The predicted molar refractivity (Wildman–Crippen MR) is 121 cm³/mol. The molecule has 1 aromatic heterocycles. The molecule has 0 saturated carbocycles. The van der Waals surface area contributed by atoms with Crippen LogP contribution in [0.2, 0.25) is 0 Å². The normalized spacial score (nSPS) is 16.0. The molecule has 0 radical (unpaired) electrons. The van der Waals surface area contributed by atoms with Gasteiger partial charge >= 0.3 is 11.9 Å². The van der Waals surface area contributed by atoms with E-state index in [1.54, 1.807) is 24.0 Å². The number of likely N-dealkylation sites (tertiary alicyclic amines) is 1. The Morgan fingerprint density at radius 2 is 1.88 bits per heavy atom. The molecule has 0 spiro atoms. The zero-order valence-electron chi connectivity index (χ0n) is 17.8. The summed E-state index contributed by atoms with van der Waals surface area (Å²) in [5.74, 6) is -1.51. The molecule has 7 nitrogen and oxygen atoms in total. The van der Waals surface area contributed by atoms with Gasteiger partial charge in [-0.05, 0) is 38.0 Å². The highest BCUT2D eigenvalue weighted by atomic mass is 32.1. The minimum absolute atomic E-state index is 0.285. The van der Waals surface area contributed by atoms with E-state index < -0.39 is 5.97 Å². The topological polar surface area (TPSA) is 85.8 Å². The van der Waals surface area contributed by atoms with Crippen molar-refractivity contribution in [2.45, 2.75) is 19.8 Å². The number of hydrogen-bond acceptors (Lipinski definition) is 7. The molecular formula is C24H24N2O5S. The van der Waals surface area contributed by atoms with Gasteiger partial charge in [0.05, 0.1) is 28.3 Å². The Balaban J connectivity index is 1.42. The highest BCUT2D eigenvalue weighted by Crippen LogP contribution is 2.32. The van der Waals surface area contributed by atoms with E-state index in [9.17, 15) is 14.4 Å². The average molecular weight is 453 g/mol. The van der Waals surface area contributed by atoms with Crippen LogP contribution in [0.4, 0.5) is 0 Å². The van der Waals surface area contributed by atoms with Crippen LogP contribution in [0.1, 0.15) is 30.1 Å². The molecule has 1 atom stereocenters. The number of hydrogen-bond donors (Lipinski definition) is 0. The van der Waals surface area contributed by atoms with Crippen LogP contribution in [0.25, 0.3) is 20.8 Å². The van der Waals surface area contributed by atoms with Crippen LogP contribution in [0.5, 0.6) is 0 Å². The number of amides is 1. The highest BCUT2D eigenvalue weighted by Gasteiger charge is 2.30. The number of benzene rings is 2. The maximum absolute atomic E-state index is 12.8. The monoisotopic (exact) mass is 452 g/mol. The first-order chi connectivity index (χ1) is 15.6. The summed E-state index contributed by atoms with van der Waals surface area (Å²) in [7, 11) is 0. The summed E-state index contributed by atoms with van der Waals surface area (Å²) in [6.45, 7) is 2.53. The van der Waals surface area contributed by atoms with Crippen molar-refractivity contribution in [3.63, 3.8) is 0 Å². The van der Waals surface area contributed by atoms with E-state index in [2.05, 4.69) is 4.98 Å². The van der Waals surface area contributed by atoms with Crippen LogP contribution >= 0.6 is 11.3 Å². The molecule has 0 bridgehead atoms. The molecule has 1 unspecified atom stereocenters. The number of carbonyl (C=O) groups is 3. The number of thiazole rings is 1. The third kappa shape index (κ3) is 4.80. The predicted octanol–water partition coefficient (Wildman–Crippen LogP) is 3.92. The van der Waals surface area contributed by atoms with Crippen LogP contribution in [-0.4, -0.2) is 54.0 Å². The summed E-state index contributed by atoms with van der Waals surface area (Å²) < 4.78 is 11.5. The van der Waals surface area contributed by atoms with E-state index in [0.29, 0.717) is 37.1 Å². The molecule has 0 aliphatic carbocycles. The van der Waals surface area contributed by atoms with Gasteiger partial charge in [0.1, 0.15) is 5.01 Å². The van der Waals surface area contributed by atoms with Crippen molar-refractivity contribution < 1.29 is 23.9 Å². The Labute approximate surface area is 190 Å². The second-order valence-electron chi connectivity index (χ2n) is 7.54. The molecule has 2 heterocycles. The largest absolute Gasteiger partial charge is 0.466 e. The van der Waals surface area contributed by atoms with Gasteiger partial charge in [0.25, 0.3) is 5.91 Å². The van der Waals surface area contributed by atoms with E-state index in [-0.39, 0.29) is 30.9 Å². The molecule has 3 aromatic rings. The third-order valence-corrected chi connectivity index (χ3v) is 6.46. The molecule has 8 heteroatoms. The van der Waals surface area contributed by atoms with Crippen molar-refractivity contribution in [2.24, 2.45) is 5.92 Å².